The standard InChI is InChI=1S/C19H16ClN3O3S2/c1-27-17-14(3-2-8-22-17)16(24)21-9-10-23-18(25)15(28-19(23)26)11-12-4-6-13(20)7-5-12/h2-8,11H,9-10H2,1H3,(H,21,24)/b15-11-. The van der Waals surface area contributed by atoms with Gasteiger partial charge in [0.25, 0.3) is 17.1 Å². The van der Waals surface area contributed by atoms with Crippen LogP contribution in [0.2, 0.25) is 5.02 Å². The van der Waals surface area contributed by atoms with Gasteiger partial charge in [-0.1, -0.05) is 23.7 Å². The zero-order valence-corrected chi connectivity index (χ0v) is 17.2. The second kappa shape index (κ2) is 9.27. The van der Waals surface area contributed by atoms with Crippen molar-refractivity contribution in [2.45, 2.75) is 5.03 Å². The van der Waals surface area contributed by atoms with E-state index in [1.165, 1.54) is 11.8 Å². The highest BCUT2D eigenvalue weighted by molar-refractivity contribution is 8.18. The van der Waals surface area contributed by atoms with Crippen molar-refractivity contribution in [2.75, 3.05) is 19.3 Å². The largest absolute Gasteiger partial charge is 0.350 e. The van der Waals surface area contributed by atoms with E-state index in [1.807, 2.05) is 6.26 Å². The summed E-state index contributed by atoms with van der Waals surface area (Å²) in [6.45, 7) is 0.261. The van der Waals surface area contributed by atoms with Gasteiger partial charge >= 0.3 is 0 Å². The topological polar surface area (TPSA) is 79.4 Å². The average molecular weight is 434 g/mol. The lowest BCUT2D eigenvalue weighted by Gasteiger charge is -2.13. The summed E-state index contributed by atoms with van der Waals surface area (Å²) >= 11 is 8.11. The first-order valence-electron chi connectivity index (χ1n) is 8.27. The van der Waals surface area contributed by atoms with Gasteiger partial charge in [0.1, 0.15) is 5.03 Å². The summed E-state index contributed by atoms with van der Waals surface area (Å²) in [6, 6.07) is 10.3. The number of rotatable bonds is 6. The SMILES string of the molecule is CSc1ncccc1C(=O)NCCN1C(=O)S/C(=C\c2ccc(Cl)cc2)C1=O. The van der Waals surface area contributed by atoms with E-state index < -0.39 is 0 Å². The number of amides is 3. The lowest BCUT2D eigenvalue weighted by Crippen LogP contribution is -2.37. The van der Waals surface area contributed by atoms with E-state index in [0.717, 1.165) is 22.2 Å². The van der Waals surface area contributed by atoms with Crippen LogP contribution in [0.1, 0.15) is 15.9 Å². The van der Waals surface area contributed by atoms with Gasteiger partial charge in [0.15, 0.2) is 0 Å². The molecule has 1 saturated heterocycles. The normalized spacial score (nSPS) is 15.4. The van der Waals surface area contributed by atoms with Crippen LogP contribution in [0.15, 0.2) is 52.5 Å². The highest BCUT2D eigenvalue weighted by atomic mass is 35.5. The molecule has 0 radical (unpaired) electrons. The monoisotopic (exact) mass is 433 g/mol. The van der Waals surface area contributed by atoms with Gasteiger partial charge in [0.05, 0.1) is 10.5 Å². The fourth-order valence-electron chi connectivity index (χ4n) is 2.51. The molecule has 9 heteroatoms. The number of benzene rings is 1. The summed E-state index contributed by atoms with van der Waals surface area (Å²) in [7, 11) is 0. The number of thioether (sulfide) groups is 2. The highest BCUT2D eigenvalue weighted by Crippen LogP contribution is 2.32. The molecule has 28 heavy (non-hydrogen) atoms. The summed E-state index contributed by atoms with van der Waals surface area (Å²) < 4.78 is 0. The molecule has 144 valence electrons. The van der Waals surface area contributed by atoms with Crippen LogP contribution >= 0.6 is 35.1 Å². The molecule has 0 unspecified atom stereocenters. The molecule has 1 fully saturated rings. The molecule has 1 aliphatic heterocycles. The van der Waals surface area contributed by atoms with E-state index in [2.05, 4.69) is 10.3 Å². The van der Waals surface area contributed by atoms with Crippen molar-refractivity contribution in [3.05, 3.63) is 63.6 Å². The van der Waals surface area contributed by atoms with E-state index in [4.69, 9.17) is 11.6 Å². The maximum atomic E-state index is 12.5. The van der Waals surface area contributed by atoms with Crippen LogP contribution in [0.5, 0.6) is 0 Å². The Balaban J connectivity index is 1.60. The zero-order chi connectivity index (χ0) is 20.1. The van der Waals surface area contributed by atoms with E-state index in [-0.39, 0.29) is 30.1 Å². The Hall–Kier alpha value is -2.29. The van der Waals surface area contributed by atoms with Crippen LogP contribution in [-0.2, 0) is 4.79 Å². The van der Waals surface area contributed by atoms with Crippen molar-refractivity contribution in [3.8, 4) is 0 Å². The van der Waals surface area contributed by atoms with Gasteiger partial charge in [-0.3, -0.25) is 19.3 Å². The van der Waals surface area contributed by atoms with Crippen molar-refractivity contribution >= 4 is 58.3 Å². The number of imide groups is 1. The molecule has 6 nitrogen and oxygen atoms in total. The third-order valence-electron chi connectivity index (χ3n) is 3.87. The molecule has 1 aromatic heterocycles. The van der Waals surface area contributed by atoms with Crippen LogP contribution in [0.3, 0.4) is 0 Å². The molecule has 0 spiro atoms. The van der Waals surface area contributed by atoms with Crippen molar-refractivity contribution in [3.63, 3.8) is 0 Å². The third kappa shape index (κ3) is 4.76. The minimum Gasteiger partial charge on any atom is -0.350 e. The summed E-state index contributed by atoms with van der Waals surface area (Å²) in [5.74, 6) is -0.661. The first-order valence-corrected chi connectivity index (χ1v) is 10.7. The van der Waals surface area contributed by atoms with Gasteiger partial charge in [-0.2, -0.15) is 0 Å². The minimum atomic E-state index is -0.370. The molecular weight excluding hydrogens is 418 g/mol. The molecule has 2 heterocycles. The number of halogens is 1. The fourth-order valence-corrected chi connectivity index (χ4v) is 4.04. The molecular formula is C19H16ClN3O3S2. The molecule has 3 rings (SSSR count). The number of pyridine rings is 1. The third-order valence-corrected chi connectivity index (χ3v) is 5.74. The van der Waals surface area contributed by atoms with Crippen molar-refractivity contribution in [1.82, 2.24) is 15.2 Å². The predicted molar refractivity (Wildman–Crippen MR) is 112 cm³/mol. The summed E-state index contributed by atoms with van der Waals surface area (Å²) in [4.78, 5) is 42.6. The maximum absolute atomic E-state index is 12.5. The number of hydrogen-bond acceptors (Lipinski definition) is 6. The smallest absolute Gasteiger partial charge is 0.293 e. The highest BCUT2D eigenvalue weighted by Gasteiger charge is 2.34. The summed E-state index contributed by atoms with van der Waals surface area (Å²) in [5.41, 5.74) is 1.25. The van der Waals surface area contributed by atoms with Crippen LogP contribution in [0, 0.1) is 0 Å². The first-order chi connectivity index (χ1) is 13.5. The Bertz CT molecular complexity index is 948. The Kier molecular flexibility index (Phi) is 6.77. The predicted octanol–water partition coefficient (Wildman–Crippen LogP) is 3.92. The second-order valence-corrected chi connectivity index (χ2v) is 7.93. The van der Waals surface area contributed by atoms with Crippen LogP contribution < -0.4 is 5.32 Å². The van der Waals surface area contributed by atoms with Crippen molar-refractivity contribution in [1.29, 1.82) is 0 Å². The minimum absolute atomic E-state index is 0.100. The number of carbonyl (C=O) groups is 3. The fraction of sp³-hybridized carbons (Fsp3) is 0.158. The quantitative estimate of drug-likeness (QED) is 0.549. The van der Waals surface area contributed by atoms with E-state index in [9.17, 15) is 14.4 Å². The number of hydrogen-bond donors (Lipinski definition) is 1. The first kappa shape index (κ1) is 20.4. The molecule has 3 amide bonds. The van der Waals surface area contributed by atoms with Gasteiger partial charge in [-0.15, -0.1) is 11.8 Å². The number of nitrogens with one attached hydrogen (secondary N) is 1. The average Bonchev–Trinajstić information content (AvgIpc) is 2.96. The molecule has 1 aliphatic rings. The van der Waals surface area contributed by atoms with Crippen LogP contribution in [0.4, 0.5) is 4.79 Å². The lowest BCUT2D eigenvalue weighted by molar-refractivity contribution is -0.122. The lowest BCUT2D eigenvalue weighted by atomic mass is 10.2. The Morgan fingerprint density at radius 3 is 2.75 bits per heavy atom. The Morgan fingerprint density at radius 1 is 1.29 bits per heavy atom. The van der Waals surface area contributed by atoms with Gasteiger partial charge in [-0.05, 0) is 53.9 Å². The molecule has 1 N–H and O–H groups in total. The Labute approximate surface area is 175 Å². The number of carbonyl (C=O) groups excluding carboxylic acids is 3. The van der Waals surface area contributed by atoms with Gasteiger partial charge in [-0.25, -0.2) is 4.98 Å². The number of aromatic nitrogens is 1. The summed E-state index contributed by atoms with van der Waals surface area (Å²) in [5, 5.41) is 3.59. The molecule has 2 aromatic rings. The van der Waals surface area contributed by atoms with Gasteiger partial charge < -0.3 is 5.32 Å². The number of nitrogens with zero attached hydrogens (tertiary/aromatic N) is 2. The second-order valence-electron chi connectivity index (χ2n) is 5.70. The molecule has 0 bridgehead atoms. The molecule has 0 saturated carbocycles. The molecule has 0 atom stereocenters. The summed E-state index contributed by atoms with van der Waals surface area (Å²) in [6.07, 6.45) is 5.11. The maximum Gasteiger partial charge on any atom is 0.293 e. The van der Waals surface area contributed by atoms with Gasteiger partial charge in [0, 0.05) is 24.3 Å². The molecule has 1 aromatic carbocycles. The zero-order valence-electron chi connectivity index (χ0n) is 14.8. The van der Waals surface area contributed by atoms with Crippen molar-refractivity contribution < 1.29 is 14.4 Å². The van der Waals surface area contributed by atoms with Gasteiger partial charge in [0.2, 0.25) is 0 Å². The molecule has 0 aliphatic carbocycles. The van der Waals surface area contributed by atoms with E-state index in [0.29, 0.717) is 20.5 Å². The van der Waals surface area contributed by atoms with Crippen molar-refractivity contribution in [2.24, 2.45) is 0 Å². The van der Waals surface area contributed by atoms with Crippen LogP contribution in [0.25, 0.3) is 6.08 Å². The van der Waals surface area contributed by atoms with Crippen LogP contribution in [-0.4, -0.2) is 46.3 Å². The Morgan fingerprint density at radius 2 is 2.04 bits per heavy atom. The van der Waals surface area contributed by atoms with E-state index >= 15 is 0 Å². The van der Waals surface area contributed by atoms with E-state index in [1.54, 1.807) is 48.7 Å².